The van der Waals surface area contributed by atoms with Crippen molar-refractivity contribution in [1.29, 1.82) is 0 Å². The average molecular weight is 312 g/mol. The third kappa shape index (κ3) is 2.75. The number of aliphatic hydroxyl groups is 1. The number of rotatable bonds is 3. The summed E-state index contributed by atoms with van der Waals surface area (Å²) in [7, 11) is 0. The third-order valence-electron chi connectivity index (χ3n) is 3.69. The summed E-state index contributed by atoms with van der Waals surface area (Å²) in [6.07, 6.45) is 3.86. The number of benzene rings is 1. The van der Waals surface area contributed by atoms with Gasteiger partial charge in [0, 0.05) is 10.0 Å². The van der Waals surface area contributed by atoms with Crippen molar-refractivity contribution in [3.05, 3.63) is 33.8 Å². The minimum Gasteiger partial charge on any atom is -0.394 e. The van der Waals surface area contributed by atoms with E-state index in [0.29, 0.717) is 5.56 Å². The molecule has 1 aromatic carbocycles. The van der Waals surface area contributed by atoms with Crippen LogP contribution < -0.4 is 5.32 Å². The Morgan fingerprint density at radius 3 is 2.72 bits per heavy atom. The number of aliphatic hydroxyl groups excluding tert-OH is 1. The molecule has 1 fully saturated rings. The summed E-state index contributed by atoms with van der Waals surface area (Å²) in [5, 5.41) is 12.5. The number of carbonyl (C=O) groups is 1. The van der Waals surface area contributed by atoms with E-state index < -0.39 is 5.54 Å². The molecule has 4 heteroatoms. The second-order valence-electron chi connectivity index (χ2n) is 5.06. The van der Waals surface area contributed by atoms with E-state index in [1.54, 1.807) is 0 Å². The summed E-state index contributed by atoms with van der Waals surface area (Å²) in [6, 6.07) is 5.66. The largest absolute Gasteiger partial charge is 0.394 e. The van der Waals surface area contributed by atoms with Gasteiger partial charge in [0.05, 0.1) is 12.1 Å². The van der Waals surface area contributed by atoms with Gasteiger partial charge in [-0.05, 0) is 37.5 Å². The monoisotopic (exact) mass is 311 g/mol. The minimum atomic E-state index is -0.411. The van der Waals surface area contributed by atoms with Crippen LogP contribution in [0.1, 0.15) is 41.6 Å². The van der Waals surface area contributed by atoms with Gasteiger partial charge in [-0.15, -0.1) is 0 Å². The number of hydrogen-bond acceptors (Lipinski definition) is 2. The molecule has 2 rings (SSSR count). The second kappa shape index (κ2) is 5.41. The van der Waals surface area contributed by atoms with Crippen LogP contribution in [0.25, 0.3) is 0 Å². The van der Waals surface area contributed by atoms with Crippen LogP contribution >= 0.6 is 15.9 Å². The Labute approximate surface area is 116 Å². The van der Waals surface area contributed by atoms with Gasteiger partial charge >= 0.3 is 0 Å². The predicted octanol–water partition coefficient (Wildman–Crippen LogP) is 2.79. The van der Waals surface area contributed by atoms with Crippen LogP contribution in [-0.4, -0.2) is 23.2 Å². The summed E-state index contributed by atoms with van der Waals surface area (Å²) in [5.74, 6) is -0.0928. The van der Waals surface area contributed by atoms with Gasteiger partial charge in [0.1, 0.15) is 0 Å². The molecule has 0 spiro atoms. The van der Waals surface area contributed by atoms with Gasteiger partial charge in [-0.25, -0.2) is 0 Å². The highest BCUT2D eigenvalue weighted by atomic mass is 79.9. The Morgan fingerprint density at radius 1 is 1.44 bits per heavy atom. The van der Waals surface area contributed by atoms with E-state index in [-0.39, 0.29) is 12.5 Å². The second-order valence-corrected chi connectivity index (χ2v) is 5.97. The molecule has 98 valence electrons. The first-order valence-electron chi connectivity index (χ1n) is 6.26. The Hall–Kier alpha value is -0.870. The van der Waals surface area contributed by atoms with Crippen LogP contribution in [-0.2, 0) is 0 Å². The molecule has 0 bridgehead atoms. The molecule has 18 heavy (non-hydrogen) atoms. The van der Waals surface area contributed by atoms with Gasteiger partial charge in [-0.1, -0.05) is 34.8 Å². The van der Waals surface area contributed by atoms with Gasteiger partial charge < -0.3 is 10.4 Å². The van der Waals surface area contributed by atoms with E-state index in [2.05, 4.69) is 21.2 Å². The van der Waals surface area contributed by atoms with E-state index in [1.807, 2.05) is 25.1 Å². The van der Waals surface area contributed by atoms with Gasteiger partial charge in [-0.3, -0.25) is 4.79 Å². The maximum absolute atomic E-state index is 12.3. The molecule has 3 nitrogen and oxygen atoms in total. The maximum Gasteiger partial charge on any atom is 0.252 e. The Bertz CT molecular complexity index is 453. The molecule has 0 heterocycles. The van der Waals surface area contributed by atoms with Crippen LogP contribution in [0.3, 0.4) is 0 Å². The fraction of sp³-hybridized carbons (Fsp3) is 0.500. The SMILES string of the molecule is Cc1ccc(Br)cc1C(=O)NC1(CO)CCCC1. The van der Waals surface area contributed by atoms with Crippen molar-refractivity contribution >= 4 is 21.8 Å². The number of carbonyl (C=O) groups excluding carboxylic acids is 1. The first kappa shape index (κ1) is 13.6. The number of nitrogens with one attached hydrogen (secondary N) is 1. The van der Waals surface area contributed by atoms with Crippen LogP contribution in [0.5, 0.6) is 0 Å². The quantitative estimate of drug-likeness (QED) is 0.902. The zero-order chi connectivity index (χ0) is 13.2. The molecular weight excluding hydrogens is 294 g/mol. The van der Waals surface area contributed by atoms with E-state index in [1.165, 1.54) is 0 Å². The molecule has 1 amide bonds. The van der Waals surface area contributed by atoms with E-state index >= 15 is 0 Å². The van der Waals surface area contributed by atoms with Crippen molar-refractivity contribution < 1.29 is 9.90 Å². The van der Waals surface area contributed by atoms with Crippen LogP contribution in [0.15, 0.2) is 22.7 Å². The van der Waals surface area contributed by atoms with Gasteiger partial charge in [0.2, 0.25) is 0 Å². The standard InChI is InChI=1S/C14H18BrNO2/c1-10-4-5-11(15)8-12(10)13(18)16-14(9-17)6-2-3-7-14/h4-5,8,17H,2-3,6-7,9H2,1H3,(H,16,18). The topological polar surface area (TPSA) is 49.3 Å². The molecule has 2 N–H and O–H groups in total. The van der Waals surface area contributed by atoms with Gasteiger partial charge in [0.15, 0.2) is 0 Å². The Kier molecular flexibility index (Phi) is 4.07. The smallest absolute Gasteiger partial charge is 0.252 e. The molecular formula is C14H18BrNO2. The van der Waals surface area contributed by atoms with Crippen LogP contribution in [0, 0.1) is 6.92 Å². The molecule has 1 aromatic rings. The lowest BCUT2D eigenvalue weighted by Crippen LogP contribution is -2.49. The fourth-order valence-corrected chi connectivity index (χ4v) is 2.88. The summed E-state index contributed by atoms with van der Waals surface area (Å²) < 4.78 is 0.891. The van der Waals surface area contributed by atoms with Gasteiger partial charge in [-0.2, -0.15) is 0 Å². The maximum atomic E-state index is 12.3. The average Bonchev–Trinajstić information content (AvgIpc) is 2.81. The van der Waals surface area contributed by atoms with Crippen molar-refractivity contribution in [2.45, 2.75) is 38.1 Å². The molecule has 0 radical (unpaired) electrons. The molecule has 1 aliphatic carbocycles. The van der Waals surface area contributed by atoms with E-state index in [4.69, 9.17) is 0 Å². The highest BCUT2D eigenvalue weighted by molar-refractivity contribution is 9.10. The van der Waals surface area contributed by atoms with E-state index in [9.17, 15) is 9.90 Å². The summed E-state index contributed by atoms with van der Waals surface area (Å²) >= 11 is 3.38. The third-order valence-corrected chi connectivity index (χ3v) is 4.18. The molecule has 0 aliphatic heterocycles. The highest BCUT2D eigenvalue weighted by Gasteiger charge is 2.35. The molecule has 0 saturated heterocycles. The lowest BCUT2D eigenvalue weighted by Gasteiger charge is -2.28. The summed E-state index contributed by atoms with van der Waals surface area (Å²) in [6.45, 7) is 1.94. The predicted molar refractivity (Wildman–Crippen MR) is 74.6 cm³/mol. The lowest BCUT2D eigenvalue weighted by molar-refractivity contribution is 0.0838. The number of amides is 1. The molecule has 1 aliphatic rings. The fourth-order valence-electron chi connectivity index (χ4n) is 2.52. The van der Waals surface area contributed by atoms with Crippen molar-refractivity contribution in [1.82, 2.24) is 5.32 Å². The molecule has 0 aromatic heterocycles. The first-order chi connectivity index (χ1) is 8.56. The number of hydrogen-bond donors (Lipinski definition) is 2. The van der Waals surface area contributed by atoms with Crippen molar-refractivity contribution in [3.63, 3.8) is 0 Å². The lowest BCUT2D eigenvalue weighted by atomic mass is 9.97. The van der Waals surface area contributed by atoms with E-state index in [0.717, 1.165) is 35.7 Å². The molecule has 1 saturated carbocycles. The summed E-state index contributed by atoms with van der Waals surface area (Å²) in [4.78, 5) is 12.3. The molecule has 0 atom stereocenters. The zero-order valence-electron chi connectivity index (χ0n) is 10.5. The van der Waals surface area contributed by atoms with Crippen molar-refractivity contribution in [2.24, 2.45) is 0 Å². The van der Waals surface area contributed by atoms with Crippen molar-refractivity contribution in [2.75, 3.05) is 6.61 Å². The number of aryl methyl sites for hydroxylation is 1. The highest BCUT2D eigenvalue weighted by Crippen LogP contribution is 2.29. The van der Waals surface area contributed by atoms with Crippen molar-refractivity contribution in [3.8, 4) is 0 Å². The Morgan fingerprint density at radius 2 is 2.11 bits per heavy atom. The zero-order valence-corrected chi connectivity index (χ0v) is 12.1. The molecule has 0 unspecified atom stereocenters. The minimum absolute atomic E-state index is 0.0196. The number of halogens is 1. The van der Waals surface area contributed by atoms with Crippen LogP contribution in [0.2, 0.25) is 0 Å². The first-order valence-corrected chi connectivity index (χ1v) is 7.05. The van der Waals surface area contributed by atoms with Gasteiger partial charge in [0.25, 0.3) is 5.91 Å². The Balaban J connectivity index is 2.18. The van der Waals surface area contributed by atoms with Crippen LogP contribution in [0.4, 0.5) is 0 Å². The summed E-state index contributed by atoms with van der Waals surface area (Å²) in [5.41, 5.74) is 1.21. The normalized spacial score (nSPS) is 17.7.